The van der Waals surface area contributed by atoms with Crippen LogP contribution in [0.15, 0.2) is 48.1 Å². The number of carbonyl (C=O) groups excluding carboxylic acids is 2. The molecule has 0 saturated carbocycles. The van der Waals surface area contributed by atoms with E-state index in [2.05, 4.69) is 11.9 Å². The van der Waals surface area contributed by atoms with Gasteiger partial charge in [0.2, 0.25) is 5.91 Å². The number of carbonyl (C=O) groups is 2. The van der Waals surface area contributed by atoms with Gasteiger partial charge in [0.25, 0.3) is 0 Å². The number of halogens is 1. The Labute approximate surface area is 136 Å². The van der Waals surface area contributed by atoms with Crippen LogP contribution in [0.5, 0.6) is 0 Å². The van der Waals surface area contributed by atoms with Gasteiger partial charge in [0.15, 0.2) is 0 Å². The molecule has 0 saturated heterocycles. The summed E-state index contributed by atoms with van der Waals surface area (Å²) in [6.07, 6.45) is 1.58. The molecule has 1 amide bonds. The second-order valence-corrected chi connectivity index (χ2v) is 5.40. The summed E-state index contributed by atoms with van der Waals surface area (Å²) in [5.41, 5.74) is 1.54. The van der Waals surface area contributed by atoms with Gasteiger partial charge in [-0.05, 0) is 29.2 Å². The Morgan fingerprint density at radius 2 is 1.83 bits per heavy atom. The summed E-state index contributed by atoms with van der Waals surface area (Å²) in [6.45, 7) is 8.93. The largest absolute Gasteiger partial charge is 0.466 e. The zero-order valence-corrected chi connectivity index (χ0v) is 13.9. The number of ether oxygens (including phenoxy) is 1. The Hall–Kier alpha value is -2.43. The predicted octanol–water partition coefficient (Wildman–Crippen LogP) is 3.31. The fourth-order valence-electron chi connectivity index (χ4n) is 2.35. The molecule has 1 N–H and O–H groups in total. The first kappa shape index (κ1) is 18.6. The maximum absolute atomic E-state index is 13.2. The van der Waals surface area contributed by atoms with Crippen LogP contribution in [-0.4, -0.2) is 19.0 Å². The van der Waals surface area contributed by atoms with Crippen LogP contribution in [0.4, 0.5) is 4.39 Å². The zero-order valence-electron chi connectivity index (χ0n) is 13.9. The zero-order chi connectivity index (χ0) is 17.6. The molecule has 4 nitrogen and oxygen atoms in total. The number of esters is 1. The average Bonchev–Trinajstić information content (AvgIpc) is 2.50. The van der Waals surface area contributed by atoms with Crippen molar-refractivity contribution in [2.45, 2.75) is 26.8 Å². The monoisotopic (exact) mass is 319 g/mol. The van der Waals surface area contributed by atoms with Crippen molar-refractivity contribution < 1.29 is 18.7 Å². The molecule has 1 unspecified atom stereocenters. The molecule has 1 rings (SSSR count). The summed E-state index contributed by atoms with van der Waals surface area (Å²) in [7, 11) is 1.28. The van der Waals surface area contributed by atoms with Gasteiger partial charge in [-0.2, -0.15) is 0 Å². The maximum Gasteiger partial charge on any atom is 0.336 e. The molecular weight excluding hydrogens is 297 g/mol. The van der Waals surface area contributed by atoms with Gasteiger partial charge in [-0.3, -0.25) is 4.79 Å². The first-order valence-electron chi connectivity index (χ1n) is 7.29. The fourth-order valence-corrected chi connectivity index (χ4v) is 2.35. The highest BCUT2D eigenvalue weighted by Crippen LogP contribution is 2.29. The molecular formula is C18H22FNO3. The number of methoxy groups -OCH3 is 1. The molecule has 0 aliphatic carbocycles. The first-order chi connectivity index (χ1) is 10.8. The number of benzene rings is 1. The number of rotatable bonds is 6. The van der Waals surface area contributed by atoms with Gasteiger partial charge in [0.1, 0.15) is 5.82 Å². The summed E-state index contributed by atoms with van der Waals surface area (Å²) in [6, 6.07) is 4.88. The molecule has 1 aromatic rings. The molecule has 23 heavy (non-hydrogen) atoms. The van der Waals surface area contributed by atoms with Crippen LogP contribution in [0, 0.1) is 11.7 Å². The van der Waals surface area contributed by atoms with Crippen LogP contribution in [0.1, 0.15) is 32.4 Å². The predicted molar refractivity (Wildman–Crippen MR) is 87.0 cm³/mol. The van der Waals surface area contributed by atoms with Crippen molar-refractivity contribution in [3.8, 4) is 0 Å². The summed E-state index contributed by atoms with van der Waals surface area (Å²) < 4.78 is 18.1. The van der Waals surface area contributed by atoms with Crippen LogP contribution >= 0.6 is 0 Å². The van der Waals surface area contributed by atoms with Crippen molar-refractivity contribution in [1.82, 2.24) is 5.32 Å². The Morgan fingerprint density at radius 1 is 1.26 bits per heavy atom. The van der Waals surface area contributed by atoms with Crippen LogP contribution < -0.4 is 5.32 Å². The van der Waals surface area contributed by atoms with E-state index >= 15 is 0 Å². The van der Waals surface area contributed by atoms with Gasteiger partial charge >= 0.3 is 5.97 Å². The second kappa shape index (κ2) is 8.27. The third-order valence-corrected chi connectivity index (χ3v) is 3.40. The highest BCUT2D eigenvalue weighted by molar-refractivity contribution is 5.92. The highest BCUT2D eigenvalue weighted by atomic mass is 19.1. The lowest BCUT2D eigenvalue weighted by atomic mass is 9.89. The van der Waals surface area contributed by atoms with Crippen molar-refractivity contribution >= 4 is 11.9 Å². The van der Waals surface area contributed by atoms with E-state index in [-0.39, 0.29) is 11.8 Å². The normalized spacial score (nSPS) is 13.1. The van der Waals surface area contributed by atoms with Crippen LogP contribution in [-0.2, 0) is 14.3 Å². The van der Waals surface area contributed by atoms with Crippen LogP contribution in [0.3, 0.4) is 0 Å². The SMILES string of the molecule is C=C/C(=C(/C(=O)OC)C(NC(C)=O)c1ccc(F)cc1)C(C)C. The molecule has 0 heterocycles. The van der Waals surface area contributed by atoms with E-state index in [1.807, 2.05) is 13.8 Å². The third-order valence-electron chi connectivity index (χ3n) is 3.40. The molecule has 0 radical (unpaired) electrons. The quantitative estimate of drug-likeness (QED) is 0.497. The molecule has 0 aliphatic heterocycles. The number of hydrogen-bond acceptors (Lipinski definition) is 3. The van der Waals surface area contributed by atoms with E-state index in [4.69, 9.17) is 4.74 Å². The number of nitrogens with one attached hydrogen (secondary N) is 1. The van der Waals surface area contributed by atoms with E-state index in [1.165, 1.54) is 38.3 Å². The van der Waals surface area contributed by atoms with E-state index in [0.717, 1.165) is 0 Å². The van der Waals surface area contributed by atoms with Gasteiger partial charge < -0.3 is 10.1 Å². The van der Waals surface area contributed by atoms with Crippen LogP contribution in [0.2, 0.25) is 0 Å². The summed E-state index contributed by atoms with van der Waals surface area (Å²) in [4.78, 5) is 23.9. The molecule has 1 aromatic carbocycles. The molecule has 0 bridgehead atoms. The second-order valence-electron chi connectivity index (χ2n) is 5.40. The Morgan fingerprint density at radius 3 is 2.22 bits per heavy atom. The van der Waals surface area contributed by atoms with Crippen molar-refractivity contribution in [2.75, 3.05) is 7.11 Å². The van der Waals surface area contributed by atoms with Crippen molar-refractivity contribution in [1.29, 1.82) is 0 Å². The lowest BCUT2D eigenvalue weighted by Gasteiger charge is -2.24. The van der Waals surface area contributed by atoms with E-state index in [9.17, 15) is 14.0 Å². The highest BCUT2D eigenvalue weighted by Gasteiger charge is 2.28. The Bertz CT molecular complexity index is 618. The van der Waals surface area contributed by atoms with Crippen molar-refractivity contribution in [3.63, 3.8) is 0 Å². The van der Waals surface area contributed by atoms with Gasteiger partial charge in [-0.1, -0.05) is 38.6 Å². The topological polar surface area (TPSA) is 55.4 Å². The lowest BCUT2D eigenvalue weighted by molar-refractivity contribution is -0.136. The minimum absolute atomic E-state index is 0.00157. The van der Waals surface area contributed by atoms with E-state index < -0.39 is 17.8 Å². The Kier molecular flexibility index (Phi) is 6.69. The van der Waals surface area contributed by atoms with Gasteiger partial charge in [0.05, 0.1) is 18.7 Å². The van der Waals surface area contributed by atoms with E-state index in [0.29, 0.717) is 16.7 Å². The standard InChI is InChI=1S/C18H22FNO3/c1-6-15(11(2)3)16(18(22)23-5)17(20-12(4)21)13-7-9-14(19)10-8-13/h6-11,17H,1H2,2-5H3,(H,20,21)/b16-15-. The number of allylic oxidation sites excluding steroid dienone is 2. The molecule has 0 fully saturated rings. The smallest absolute Gasteiger partial charge is 0.336 e. The molecule has 1 atom stereocenters. The van der Waals surface area contributed by atoms with Crippen LogP contribution in [0.25, 0.3) is 0 Å². The first-order valence-corrected chi connectivity index (χ1v) is 7.29. The summed E-state index contributed by atoms with van der Waals surface area (Å²) in [5.74, 6) is -1.27. The third kappa shape index (κ3) is 4.77. The maximum atomic E-state index is 13.2. The van der Waals surface area contributed by atoms with Crippen molar-refractivity contribution in [2.24, 2.45) is 5.92 Å². The molecule has 5 heteroatoms. The molecule has 124 valence electrons. The molecule has 0 aromatic heterocycles. The lowest BCUT2D eigenvalue weighted by Crippen LogP contribution is -2.32. The minimum Gasteiger partial charge on any atom is -0.466 e. The van der Waals surface area contributed by atoms with Crippen molar-refractivity contribution in [3.05, 3.63) is 59.4 Å². The fraction of sp³-hybridized carbons (Fsp3) is 0.333. The number of amides is 1. The molecule has 0 spiro atoms. The van der Waals surface area contributed by atoms with Gasteiger partial charge in [0, 0.05) is 6.92 Å². The summed E-state index contributed by atoms with van der Waals surface area (Å²) >= 11 is 0. The van der Waals surface area contributed by atoms with E-state index in [1.54, 1.807) is 6.08 Å². The Balaban J connectivity index is 3.56. The minimum atomic E-state index is -0.740. The van der Waals surface area contributed by atoms with Gasteiger partial charge in [-0.15, -0.1) is 0 Å². The number of hydrogen-bond donors (Lipinski definition) is 1. The molecule has 0 aliphatic rings. The summed E-state index contributed by atoms with van der Waals surface area (Å²) in [5, 5.41) is 2.73. The van der Waals surface area contributed by atoms with Gasteiger partial charge in [-0.25, -0.2) is 9.18 Å². The average molecular weight is 319 g/mol.